The Morgan fingerprint density at radius 3 is 2.79 bits per heavy atom. The Kier molecular flexibility index (Phi) is 6.02. The van der Waals surface area contributed by atoms with Gasteiger partial charge in [0.15, 0.2) is 5.75 Å². The van der Waals surface area contributed by atoms with E-state index in [4.69, 9.17) is 9.84 Å². The van der Waals surface area contributed by atoms with Gasteiger partial charge in [-0.3, -0.25) is 10.1 Å². The fourth-order valence-electron chi connectivity index (χ4n) is 2.47. The number of benzene rings is 2. The number of nitro groups is 1. The van der Waals surface area contributed by atoms with E-state index in [-0.39, 0.29) is 41.5 Å². The molecule has 3 aromatic rings. The van der Waals surface area contributed by atoms with Crippen LogP contribution in [0.4, 0.5) is 26.4 Å². The summed E-state index contributed by atoms with van der Waals surface area (Å²) in [6, 6.07) is 6.96. The monoisotopic (exact) mass is 465 g/mol. The molecule has 1 amide bonds. The molecule has 0 fully saturated rings. The Bertz CT molecular complexity index is 1100. The molecule has 12 heteroatoms. The maximum absolute atomic E-state index is 14.1. The zero-order chi connectivity index (χ0) is 21.0. The summed E-state index contributed by atoms with van der Waals surface area (Å²) in [5.74, 6) is -0.431. The van der Waals surface area contributed by atoms with Gasteiger partial charge in [0.1, 0.15) is 24.6 Å². The predicted molar refractivity (Wildman–Crippen MR) is 105 cm³/mol. The molecule has 0 unspecified atom stereocenters. The second-order valence-electron chi connectivity index (χ2n) is 5.65. The van der Waals surface area contributed by atoms with E-state index in [1.807, 2.05) is 0 Å². The van der Waals surface area contributed by atoms with Gasteiger partial charge in [-0.15, -0.1) is 0 Å². The van der Waals surface area contributed by atoms with Gasteiger partial charge in [-0.2, -0.15) is 0 Å². The second kappa shape index (κ2) is 8.65. The predicted octanol–water partition coefficient (Wildman–Crippen LogP) is 3.83. The Hall–Kier alpha value is -3.54. The number of amides is 1. The number of anilines is 2. The smallest absolute Gasteiger partial charge is 0.404 e. The van der Waals surface area contributed by atoms with E-state index in [0.29, 0.717) is 9.99 Å². The number of rotatable bonds is 7. The SMILES string of the molecule is O=C(O)NCCOc1cc2ncnc(Nc3ccc(Br)cc3F)c2cc1[N+](=O)[O-]. The summed E-state index contributed by atoms with van der Waals surface area (Å²) in [6.45, 7) is -0.164. The molecule has 0 aliphatic rings. The van der Waals surface area contributed by atoms with Crippen molar-refractivity contribution in [2.75, 3.05) is 18.5 Å². The highest BCUT2D eigenvalue weighted by atomic mass is 79.9. The van der Waals surface area contributed by atoms with E-state index in [1.54, 1.807) is 6.07 Å². The first-order chi connectivity index (χ1) is 13.8. The quantitative estimate of drug-likeness (QED) is 0.271. The zero-order valence-corrected chi connectivity index (χ0v) is 16.1. The summed E-state index contributed by atoms with van der Waals surface area (Å²) in [5, 5.41) is 25.2. The van der Waals surface area contributed by atoms with Gasteiger partial charge < -0.3 is 20.5 Å². The van der Waals surface area contributed by atoms with E-state index < -0.39 is 16.8 Å². The summed E-state index contributed by atoms with van der Waals surface area (Å²) < 4.78 is 20.0. The number of carbonyl (C=O) groups is 1. The minimum absolute atomic E-state index is 0.0516. The Morgan fingerprint density at radius 1 is 1.31 bits per heavy atom. The number of halogens is 2. The number of fused-ring (bicyclic) bond motifs is 1. The van der Waals surface area contributed by atoms with Crippen molar-refractivity contribution in [3.8, 4) is 5.75 Å². The molecule has 1 heterocycles. The fraction of sp³-hybridized carbons (Fsp3) is 0.118. The second-order valence-corrected chi connectivity index (χ2v) is 6.56. The van der Waals surface area contributed by atoms with Crippen molar-refractivity contribution in [2.24, 2.45) is 0 Å². The largest absolute Gasteiger partial charge is 0.485 e. The van der Waals surface area contributed by atoms with Crippen LogP contribution in [0.2, 0.25) is 0 Å². The topological polar surface area (TPSA) is 140 Å². The summed E-state index contributed by atoms with van der Waals surface area (Å²) in [7, 11) is 0. The van der Waals surface area contributed by atoms with Crippen LogP contribution in [0.5, 0.6) is 5.75 Å². The van der Waals surface area contributed by atoms with Crippen molar-refractivity contribution in [3.05, 3.63) is 57.1 Å². The highest BCUT2D eigenvalue weighted by Gasteiger charge is 2.20. The van der Waals surface area contributed by atoms with Crippen molar-refractivity contribution in [1.29, 1.82) is 0 Å². The van der Waals surface area contributed by atoms with Crippen molar-refractivity contribution in [1.82, 2.24) is 15.3 Å². The van der Waals surface area contributed by atoms with Crippen LogP contribution in [0.25, 0.3) is 10.9 Å². The van der Waals surface area contributed by atoms with Crippen LogP contribution in [0.15, 0.2) is 41.1 Å². The third-order valence-corrected chi connectivity index (χ3v) is 4.23. The van der Waals surface area contributed by atoms with Crippen LogP contribution in [-0.4, -0.2) is 39.2 Å². The molecule has 2 aromatic carbocycles. The third-order valence-electron chi connectivity index (χ3n) is 3.73. The average Bonchev–Trinajstić information content (AvgIpc) is 2.66. The Balaban J connectivity index is 1.95. The lowest BCUT2D eigenvalue weighted by Gasteiger charge is -2.11. The molecule has 0 atom stereocenters. The molecule has 0 spiro atoms. The van der Waals surface area contributed by atoms with Crippen LogP contribution in [-0.2, 0) is 0 Å². The summed E-state index contributed by atoms with van der Waals surface area (Å²) in [4.78, 5) is 29.4. The molecule has 0 radical (unpaired) electrons. The van der Waals surface area contributed by atoms with Crippen molar-refractivity contribution in [2.45, 2.75) is 0 Å². The van der Waals surface area contributed by atoms with Gasteiger partial charge in [-0.25, -0.2) is 19.2 Å². The summed E-state index contributed by atoms with van der Waals surface area (Å²) in [5.41, 5.74) is 0.102. The maximum atomic E-state index is 14.1. The maximum Gasteiger partial charge on any atom is 0.404 e. The Morgan fingerprint density at radius 2 is 2.10 bits per heavy atom. The summed E-state index contributed by atoms with van der Waals surface area (Å²) in [6.07, 6.45) is -0.00603. The van der Waals surface area contributed by atoms with Gasteiger partial charge in [0.25, 0.3) is 0 Å². The van der Waals surface area contributed by atoms with E-state index in [0.717, 1.165) is 0 Å². The lowest BCUT2D eigenvalue weighted by atomic mass is 10.2. The number of ether oxygens (including phenoxy) is 1. The number of nitrogens with one attached hydrogen (secondary N) is 2. The van der Waals surface area contributed by atoms with E-state index in [2.05, 4.69) is 36.5 Å². The lowest BCUT2D eigenvalue weighted by molar-refractivity contribution is -0.385. The van der Waals surface area contributed by atoms with Gasteiger partial charge in [0, 0.05) is 16.6 Å². The molecule has 0 saturated carbocycles. The van der Waals surface area contributed by atoms with Crippen molar-refractivity contribution in [3.63, 3.8) is 0 Å². The molecule has 3 rings (SSSR count). The van der Waals surface area contributed by atoms with Crippen LogP contribution in [0.3, 0.4) is 0 Å². The average molecular weight is 466 g/mol. The highest BCUT2D eigenvalue weighted by molar-refractivity contribution is 9.10. The van der Waals surface area contributed by atoms with E-state index in [1.165, 1.54) is 30.6 Å². The molecular weight excluding hydrogens is 453 g/mol. The highest BCUT2D eigenvalue weighted by Crippen LogP contribution is 2.35. The Labute approximate surface area is 171 Å². The van der Waals surface area contributed by atoms with E-state index >= 15 is 0 Å². The molecule has 150 valence electrons. The number of carboxylic acid groups (broad SMARTS) is 1. The third kappa shape index (κ3) is 4.85. The normalized spacial score (nSPS) is 10.6. The lowest BCUT2D eigenvalue weighted by Crippen LogP contribution is -2.26. The van der Waals surface area contributed by atoms with Gasteiger partial charge in [0.05, 0.1) is 28.1 Å². The van der Waals surface area contributed by atoms with Crippen LogP contribution in [0.1, 0.15) is 0 Å². The van der Waals surface area contributed by atoms with Gasteiger partial charge in [0.2, 0.25) is 0 Å². The van der Waals surface area contributed by atoms with Crippen LogP contribution in [0, 0.1) is 15.9 Å². The zero-order valence-electron chi connectivity index (χ0n) is 14.6. The minimum Gasteiger partial charge on any atom is -0.485 e. The minimum atomic E-state index is -1.23. The van der Waals surface area contributed by atoms with Crippen LogP contribution >= 0.6 is 15.9 Å². The number of nitrogens with zero attached hydrogens (tertiary/aromatic N) is 3. The number of hydrogen-bond acceptors (Lipinski definition) is 7. The van der Waals surface area contributed by atoms with Gasteiger partial charge in [-0.1, -0.05) is 15.9 Å². The molecule has 3 N–H and O–H groups in total. The van der Waals surface area contributed by atoms with Gasteiger partial charge >= 0.3 is 11.8 Å². The number of nitro benzene ring substituents is 1. The fourth-order valence-corrected chi connectivity index (χ4v) is 2.80. The number of aromatic nitrogens is 2. The first-order valence-electron chi connectivity index (χ1n) is 8.10. The standard InChI is InChI=1S/C17H13BrFN5O5/c18-9-1-2-12(11(19)5-9)23-16-10-6-14(24(27)28)15(7-13(10)21-8-22-16)29-4-3-20-17(25)26/h1-2,5-8,20H,3-4H2,(H,25,26)(H,21,22,23). The molecule has 0 saturated heterocycles. The molecule has 1 aromatic heterocycles. The van der Waals surface area contributed by atoms with E-state index in [9.17, 15) is 19.3 Å². The molecule has 0 aliphatic heterocycles. The first-order valence-corrected chi connectivity index (χ1v) is 8.89. The van der Waals surface area contributed by atoms with Crippen molar-refractivity contribution >= 4 is 50.1 Å². The molecular formula is C17H13BrFN5O5. The number of hydrogen-bond donors (Lipinski definition) is 3. The first kappa shape index (κ1) is 20.2. The molecule has 0 bridgehead atoms. The molecule has 10 nitrogen and oxygen atoms in total. The summed E-state index contributed by atoms with van der Waals surface area (Å²) >= 11 is 3.17. The van der Waals surface area contributed by atoms with Crippen molar-refractivity contribution < 1.29 is 24.0 Å². The van der Waals surface area contributed by atoms with Gasteiger partial charge in [-0.05, 0) is 18.2 Å². The molecule has 29 heavy (non-hydrogen) atoms. The van der Waals surface area contributed by atoms with Crippen LogP contribution < -0.4 is 15.4 Å². The molecule has 0 aliphatic carbocycles.